The molecule has 13 heavy (non-hydrogen) atoms. The van der Waals surface area contributed by atoms with Gasteiger partial charge in [-0.25, -0.2) is 8.78 Å². The second-order valence-corrected chi connectivity index (χ2v) is 2.49. The van der Waals surface area contributed by atoms with E-state index in [1.807, 2.05) is 4.98 Å². The van der Waals surface area contributed by atoms with E-state index in [4.69, 9.17) is 11.5 Å². The first kappa shape index (κ1) is 9.66. The summed E-state index contributed by atoms with van der Waals surface area (Å²) in [6.45, 7) is -0.0323. The molecule has 1 aromatic rings. The number of nitrogens with two attached hydrogens (primary N) is 2. The van der Waals surface area contributed by atoms with E-state index in [-0.39, 0.29) is 17.8 Å². The Bertz CT molecular complexity index is 361. The third-order valence-corrected chi connectivity index (χ3v) is 1.64. The summed E-state index contributed by atoms with van der Waals surface area (Å²) in [6, 6.07) is 1.11. The quantitative estimate of drug-likeness (QED) is 0.627. The number of nitrogens with one attached hydrogen (secondary N) is 1. The van der Waals surface area contributed by atoms with Crippen LogP contribution in [0.15, 0.2) is 10.9 Å². The molecule has 5 N–H and O–H groups in total. The van der Waals surface area contributed by atoms with Gasteiger partial charge in [0.2, 0.25) is 5.56 Å². The van der Waals surface area contributed by atoms with Crippen LogP contribution < -0.4 is 17.0 Å². The highest BCUT2D eigenvalue weighted by molar-refractivity contribution is 5.50. The summed E-state index contributed by atoms with van der Waals surface area (Å²) in [5.74, 6) is 0. The summed E-state index contributed by atoms with van der Waals surface area (Å²) in [5, 5.41) is 0. The third-order valence-electron chi connectivity index (χ3n) is 1.64. The van der Waals surface area contributed by atoms with Crippen molar-refractivity contribution in [1.82, 2.24) is 4.98 Å². The molecular formula is C7H9F2N3O. The van der Waals surface area contributed by atoms with Gasteiger partial charge in [0.25, 0.3) is 6.43 Å². The number of H-pyrrole nitrogens is 1. The molecule has 1 rings (SSSR count). The Balaban J connectivity index is 3.36. The number of alkyl halides is 2. The molecule has 0 saturated carbocycles. The molecule has 0 aromatic carbocycles. The normalized spacial score (nSPS) is 10.8. The molecule has 0 radical (unpaired) electrons. The molecule has 0 aliphatic heterocycles. The van der Waals surface area contributed by atoms with Gasteiger partial charge in [0.15, 0.2) is 0 Å². The fourth-order valence-electron chi connectivity index (χ4n) is 0.986. The molecule has 0 unspecified atom stereocenters. The summed E-state index contributed by atoms with van der Waals surface area (Å²) < 4.78 is 24.5. The SMILES string of the molecule is NCc1cc(=O)[nH]c(C(F)F)c1N. The van der Waals surface area contributed by atoms with Crippen molar-refractivity contribution in [1.29, 1.82) is 0 Å². The molecule has 72 valence electrons. The lowest BCUT2D eigenvalue weighted by Gasteiger charge is -2.07. The predicted molar refractivity (Wildman–Crippen MR) is 44.3 cm³/mol. The first-order valence-corrected chi connectivity index (χ1v) is 3.56. The number of pyridine rings is 1. The lowest BCUT2D eigenvalue weighted by Crippen LogP contribution is -2.15. The lowest BCUT2D eigenvalue weighted by atomic mass is 10.2. The Morgan fingerprint density at radius 2 is 2.15 bits per heavy atom. The van der Waals surface area contributed by atoms with Gasteiger partial charge in [0.05, 0.1) is 5.69 Å². The van der Waals surface area contributed by atoms with E-state index in [2.05, 4.69) is 0 Å². The summed E-state index contributed by atoms with van der Waals surface area (Å²) in [4.78, 5) is 12.8. The topological polar surface area (TPSA) is 84.9 Å². The molecule has 6 heteroatoms. The van der Waals surface area contributed by atoms with Crippen LogP contribution in [0.1, 0.15) is 17.7 Å². The maximum absolute atomic E-state index is 12.2. The van der Waals surface area contributed by atoms with E-state index in [0.29, 0.717) is 0 Å². The van der Waals surface area contributed by atoms with E-state index in [0.717, 1.165) is 6.07 Å². The van der Waals surface area contributed by atoms with Crippen LogP contribution in [0.2, 0.25) is 0 Å². The van der Waals surface area contributed by atoms with Crippen LogP contribution in [0.5, 0.6) is 0 Å². The number of halogens is 2. The van der Waals surface area contributed by atoms with Crippen LogP contribution in [0, 0.1) is 0 Å². The van der Waals surface area contributed by atoms with Crippen molar-refractivity contribution in [3.05, 3.63) is 27.7 Å². The van der Waals surface area contributed by atoms with Gasteiger partial charge < -0.3 is 16.5 Å². The zero-order valence-electron chi connectivity index (χ0n) is 6.68. The van der Waals surface area contributed by atoms with Gasteiger partial charge in [-0.3, -0.25) is 4.79 Å². The third kappa shape index (κ3) is 1.83. The van der Waals surface area contributed by atoms with Crippen LogP contribution >= 0.6 is 0 Å². The van der Waals surface area contributed by atoms with Crippen LogP contribution in [0.3, 0.4) is 0 Å². The molecular weight excluding hydrogens is 180 g/mol. The Labute approximate surface area is 72.6 Å². The molecule has 4 nitrogen and oxygen atoms in total. The highest BCUT2D eigenvalue weighted by Crippen LogP contribution is 2.23. The monoisotopic (exact) mass is 189 g/mol. The van der Waals surface area contributed by atoms with Crippen molar-refractivity contribution >= 4 is 5.69 Å². The number of aromatic nitrogens is 1. The molecule has 0 saturated heterocycles. The van der Waals surface area contributed by atoms with Crippen molar-refractivity contribution in [2.45, 2.75) is 13.0 Å². The highest BCUT2D eigenvalue weighted by atomic mass is 19.3. The first-order chi connectivity index (χ1) is 6.06. The van der Waals surface area contributed by atoms with Crippen LogP contribution in [0.25, 0.3) is 0 Å². The maximum Gasteiger partial charge on any atom is 0.280 e. The molecule has 0 aliphatic rings. The van der Waals surface area contributed by atoms with Gasteiger partial charge in [-0.2, -0.15) is 0 Å². The smallest absolute Gasteiger partial charge is 0.280 e. The number of nitrogen functional groups attached to an aromatic ring is 1. The average molecular weight is 189 g/mol. The predicted octanol–water partition coefficient (Wildman–Crippen LogP) is 0.353. The van der Waals surface area contributed by atoms with E-state index < -0.39 is 17.7 Å². The standard InChI is InChI=1S/C7H9F2N3O/c8-7(9)6-5(11)3(2-10)1-4(13)12-6/h1,7H,2,10-11H2,(H,12,13). The van der Waals surface area contributed by atoms with Crippen molar-refractivity contribution in [2.24, 2.45) is 5.73 Å². The second kappa shape index (κ2) is 3.53. The van der Waals surface area contributed by atoms with Gasteiger partial charge >= 0.3 is 0 Å². The summed E-state index contributed by atoms with van der Waals surface area (Å²) in [7, 11) is 0. The molecule has 1 aromatic heterocycles. The largest absolute Gasteiger partial charge is 0.397 e. The van der Waals surface area contributed by atoms with Gasteiger partial charge in [0, 0.05) is 12.6 Å². The average Bonchev–Trinajstić information content (AvgIpc) is 2.08. The van der Waals surface area contributed by atoms with Crippen LogP contribution in [-0.4, -0.2) is 4.98 Å². The lowest BCUT2D eigenvalue weighted by molar-refractivity contribution is 0.146. The number of anilines is 1. The minimum Gasteiger partial charge on any atom is -0.397 e. The van der Waals surface area contributed by atoms with Crippen LogP contribution in [-0.2, 0) is 6.54 Å². The highest BCUT2D eigenvalue weighted by Gasteiger charge is 2.14. The Morgan fingerprint density at radius 1 is 1.54 bits per heavy atom. The van der Waals surface area contributed by atoms with Gasteiger partial charge in [-0.15, -0.1) is 0 Å². The van der Waals surface area contributed by atoms with E-state index in [1.165, 1.54) is 0 Å². The molecule has 0 fully saturated rings. The molecule has 0 spiro atoms. The Hall–Kier alpha value is -1.43. The van der Waals surface area contributed by atoms with E-state index in [1.54, 1.807) is 0 Å². The van der Waals surface area contributed by atoms with Crippen LogP contribution in [0.4, 0.5) is 14.5 Å². The zero-order valence-corrected chi connectivity index (χ0v) is 6.68. The summed E-state index contributed by atoms with van der Waals surface area (Å²) in [6.07, 6.45) is -2.79. The second-order valence-electron chi connectivity index (χ2n) is 2.49. The maximum atomic E-state index is 12.2. The van der Waals surface area contributed by atoms with Gasteiger partial charge in [0.1, 0.15) is 5.69 Å². The fourth-order valence-corrected chi connectivity index (χ4v) is 0.986. The Kier molecular flexibility index (Phi) is 2.62. The summed E-state index contributed by atoms with van der Waals surface area (Å²) >= 11 is 0. The molecule has 0 aliphatic carbocycles. The van der Waals surface area contributed by atoms with Crippen molar-refractivity contribution in [3.8, 4) is 0 Å². The van der Waals surface area contributed by atoms with Gasteiger partial charge in [-0.1, -0.05) is 0 Å². The molecule has 0 amide bonds. The number of hydrogen-bond acceptors (Lipinski definition) is 3. The van der Waals surface area contributed by atoms with Crippen molar-refractivity contribution < 1.29 is 8.78 Å². The fraction of sp³-hybridized carbons (Fsp3) is 0.286. The van der Waals surface area contributed by atoms with Crippen molar-refractivity contribution in [3.63, 3.8) is 0 Å². The zero-order chi connectivity index (χ0) is 10.0. The Morgan fingerprint density at radius 3 is 2.62 bits per heavy atom. The van der Waals surface area contributed by atoms with E-state index >= 15 is 0 Å². The molecule has 0 atom stereocenters. The first-order valence-electron chi connectivity index (χ1n) is 3.56. The van der Waals surface area contributed by atoms with E-state index in [9.17, 15) is 13.6 Å². The number of aromatic amines is 1. The number of hydrogen-bond donors (Lipinski definition) is 3. The molecule has 1 heterocycles. The van der Waals surface area contributed by atoms with Crippen molar-refractivity contribution in [2.75, 3.05) is 5.73 Å². The molecule has 0 bridgehead atoms. The minimum absolute atomic E-state index is 0.0323. The number of rotatable bonds is 2. The van der Waals surface area contributed by atoms with Gasteiger partial charge in [-0.05, 0) is 5.56 Å². The summed E-state index contributed by atoms with van der Waals surface area (Å²) in [5.41, 5.74) is 9.46. The minimum atomic E-state index is -2.79.